The van der Waals surface area contributed by atoms with Crippen LogP contribution in [0.4, 0.5) is 8.78 Å². The zero-order valence-corrected chi connectivity index (χ0v) is 15.9. The predicted molar refractivity (Wildman–Crippen MR) is 93.8 cm³/mol. The third-order valence-electron chi connectivity index (χ3n) is 4.48. The quantitative estimate of drug-likeness (QED) is 0.687. The van der Waals surface area contributed by atoms with Crippen LogP contribution in [0.25, 0.3) is 0 Å². The highest BCUT2D eigenvalue weighted by molar-refractivity contribution is 6.32. The average Bonchev–Trinajstić information content (AvgIpc) is 2.53. The van der Waals surface area contributed by atoms with E-state index < -0.39 is 6.61 Å². The molecule has 1 aliphatic heterocycles. The summed E-state index contributed by atoms with van der Waals surface area (Å²) in [5.74, 6) is 0.0873. The topological polar surface area (TPSA) is 30.9 Å². The van der Waals surface area contributed by atoms with Crippen molar-refractivity contribution >= 4 is 11.6 Å². The monoisotopic (exact) mass is 377 g/mol. The minimum absolute atomic E-state index is 0.123. The Bertz CT molecular complexity index is 584. The third kappa shape index (κ3) is 5.43. The molecule has 1 atom stereocenters. The minimum atomic E-state index is -2.95. The van der Waals surface area contributed by atoms with Gasteiger partial charge in [0, 0.05) is 19.2 Å². The van der Waals surface area contributed by atoms with E-state index in [2.05, 4.69) is 30.4 Å². The van der Waals surface area contributed by atoms with Gasteiger partial charge in [-0.25, -0.2) is 0 Å². The number of methoxy groups -OCH3 is 1. The van der Waals surface area contributed by atoms with Crippen molar-refractivity contribution in [3.63, 3.8) is 0 Å². The molecule has 1 heterocycles. The smallest absolute Gasteiger partial charge is 0.387 e. The summed E-state index contributed by atoms with van der Waals surface area (Å²) in [5, 5.41) is 0.123. The van der Waals surface area contributed by atoms with Crippen molar-refractivity contribution in [2.24, 2.45) is 0 Å². The number of hydrogen-bond acceptors (Lipinski definition) is 4. The first-order valence-corrected chi connectivity index (χ1v) is 8.82. The van der Waals surface area contributed by atoms with Gasteiger partial charge in [0.15, 0.2) is 11.5 Å². The number of hydrogen-bond donors (Lipinski definition) is 0. The lowest BCUT2D eigenvalue weighted by molar-refractivity contribution is -0.0838. The molecular weight excluding hydrogens is 352 g/mol. The second kappa shape index (κ2) is 8.52. The van der Waals surface area contributed by atoms with E-state index in [1.807, 2.05) is 0 Å². The molecule has 0 amide bonds. The average molecular weight is 378 g/mol. The number of benzene rings is 1. The van der Waals surface area contributed by atoms with Gasteiger partial charge in [-0.2, -0.15) is 8.78 Å². The van der Waals surface area contributed by atoms with Gasteiger partial charge in [-0.3, -0.25) is 4.90 Å². The van der Waals surface area contributed by atoms with E-state index in [-0.39, 0.29) is 22.1 Å². The van der Waals surface area contributed by atoms with Gasteiger partial charge in [-0.05, 0) is 50.9 Å². The largest absolute Gasteiger partial charge is 0.493 e. The maximum Gasteiger partial charge on any atom is 0.387 e. The van der Waals surface area contributed by atoms with Gasteiger partial charge in [-0.15, -0.1) is 0 Å². The second-order valence-electron chi connectivity index (χ2n) is 6.81. The first kappa shape index (κ1) is 20.2. The number of halogens is 3. The molecule has 0 spiro atoms. The molecule has 142 valence electrons. The van der Waals surface area contributed by atoms with Crippen molar-refractivity contribution in [2.75, 3.05) is 20.3 Å². The fraction of sp³-hybridized carbons (Fsp3) is 0.667. The van der Waals surface area contributed by atoms with Gasteiger partial charge in [0.05, 0.1) is 17.7 Å². The summed E-state index contributed by atoms with van der Waals surface area (Å²) in [5.41, 5.74) is 0.760. The molecule has 0 bridgehead atoms. The van der Waals surface area contributed by atoms with Crippen LogP contribution in [0.15, 0.2) is 12.1 Å². The molecular formula is C18H26ClF2NO3. The molecule has 0 aromatic heterocycles. The van der Waals surface area contributed by atoms with Crippen LogP contribution in [0.2, 0.25) is 5.02 Å². The van der Waals surface area contributed by atoms with Crippen LogP contribution in [-0.4, -0.2) is 43.4 Å². The fourth-order valence-corrected chi connectivity index (χ4v) is 3.59. The highest BCUT2D eigenvalue weighted by Gasteiger charge is 2.32. The highest BCUT2D eigenvalue weighted by Crippen LogP contribution is 2.38. The maximum atomic E-state index is 12.5. The van der Waals surface area contributed by atoms with Crippen LogP contribution >= 0.6 is 11.6 Å². The molecule has 2 rings (SSSR count). The van der Waals surface area contributed by atoms with Gasteiger partial charge in [0.1, 0.15) is 0 Å². The summed E-state index contributed by atoms with van der Waals surface area (Å²) in [7, 11) is 1.41. The number of ether oxygens (including phenoxy) is 3. The van der Waals surface area contributed by atoms with E-state index >= 15 is 0 Å². The van der Waals surface area contributed by atoms with Crippen LogP contribution in [-0.2, 0) is 11.3 Å². The molecule has 4 nitrogen and oxygen atoms in total. The lowest BCUT2D eigenvalue weighted by Gasteiger charge is -2.41. The molecule has 7 heteroatoms. The maximum absolute atomic E-state index is 12.5. The van der Waals surface area contributed by atoms with Crippen molar-refractivity contribution < 1.29 is 23.0 Å². The zero-order valence-electron chi connectivity index (χ0n) is 15.2. The molecule has 1 saturated heterocycles. The first-order chi connectivity index (χ1) is 11.8. The lowest BCUT2D eigenvalue weighted by atomic mass is 9.92. The molecule has 1 fully saturated rings. The molecule has 0 aliphatic carbocycles. The van der Waals surface area contributed by atoms with Crippen LogP contribution in [0, 0.1) is 0 Å². The van der Waals surface area contributed by atoms with E-state index in [1.54, 1.807) is 12.1 Å². The Morgan fingerprint density at radius 1 is 1.40 bits per heavy atom. The van der Waals surface area contributed by atoms with Crippen LogP contribution in [0.3, 0.4) is 0 Å². The summed E-state index contributed by atoms with van der Waals surface area (Å²) in [4.78, 5) is 2.35. The standard InChI is InChI=1S/C18H26ClF2NO3/c1-5-22(13-6-7-24-18(2,3)10-13)11-12-8-14(19)16(25-17(20)21)15(9-12)23-4/h8-9,13,17H,5-7,10-11H2,1-4H3. The summed E-state index contributed by atoms with van der Waals surface area (Å²) in [6.07, 6.45) is 1.91. The van der Waals surface area contributed by atoms with E-state index in [4.69, 9.17) is 21.1 Å². The molecule has 0 N–H and O–H groups in total. The molecule has 1 unspecified atom stereocenters. The molecule has 25 heavy (non-hydrogen) atoms. The molecule has 1 aromatic rings. The SMILES string of the molecule is CCN(Cc1cc(Cl)c(OC(F)F)c(OC)c1)C1CCOC(C)(C)C1. The molecule has 0 saturated carbocycles. The van der Waals surface area contributed by atoms with Crippen molar-refractivity contribution in [3.8, 4) is 11.5 Å². The Kier molecular flexibility index (Phi) is 6.88. The van der Waals surface area contributed by atoms with Gasteiger partial charge in [0.25, 0.3) is 0 Å². The van der Waals surface area contributed by atoms with Crippen LogP contribution < -0.4 is 9.47 Å². The van der Waals surface area contributed by atoms with Crippen molar-refractivity contribution in [1.82, 2.24) is 4.90 Å². The minimum Gasteiger partial charge on any atom is -0.493 e. The summed E-state index contributed by atoms with van der Waals surface area (Å²) in [6.45, 7) is 5.62. The Labute approximate surface area is 153 Å². The number of alkyl halides is 2. The van der Waals surface area contributed by atoms with Gasteiger partial charge < -0.3 is 14.2 Å². The molecule has 1 aliphatic rings. The van der Waals surface area contributed by atoms with Crippen LogP contribution in [0.1, 0.15) is 39.2 Å². The normalized spacial score (nSPS) is 20.1. The molecule has 0 radical (unpaired) electrons. The fourth-order valence-electron chi connectivity index (χ4n) is 3.31. The number of nitrogens with zero attached hydrogens (tertiary/aromatic N) is 1. The summed E-state index contributed by atoms with van der Waals surface area (Å²) in [6, 6.07) is 3.77. The summed E-state index contributed by atoms with van der Waals surface area (Å²) < 4.78 is 40.5. The van der Waals surface area contributed by atoms with E-state index in [0.29, 0.717) is 12.6 Å². The third-order valence-corrected chi connectivity index (χ3v) is 4.76. The first-order valence-electron chi connectivity index (χ1n) is 8.45. The van der Waals surface area contributed by atoms with E-state index in [0.717, 1.165) is 31.6 Å². The summed E-state index contributed by atoms with van der Waals surface area (Å²) >= 11 is 6.14. The van der Waals surface area contributed by atoms with Gasteiger partial charge in [0.2, 0.25) is 0 Å². The Morgan fingerprint density at radius 3 is 2.68 bits per heavy atom. The lowest BCUT2D eigenvalue weighted by Crippen LogP contribution is -2.45. The van der Waals surface area contributed by atoms with E-state index in [9.17, 15) is 8.78 Å². The highest BCUT2D eigenvalue weighted by atomic mass is 35.5. The predicted octanol–water partition coefficient (Wildman–Crippen LogP) is 4.73. The van der Waals surface area contributed by atoms with Gasteiger partial charge in [-0.1, -0.05) is 18.5 Å². The van der Waals surface area contributed by atoms with Crippen LogP contribution in [0.5, 0.6) is 11.5 Å². The second-order valence-corrected chi connectivity index (χ2v) is 7.21. The Balaban J connectivity index is 2.18. The van der Waals surface area contributed by atoms with E-state index in [1.165, 1.54) is 7.11 Å². The zero-order chi connectivity index (χ0) is 18.6. The molecule has 1 aromatic carbocycles. The Morgan fingerprint density at radius 2 is 2.12 bits per heavy atom. The van der Waals surface area contributed by atoms with Crippen molar-refractivity contribution in [1.29, 1.82) is 0 Å². The Hall–Kier alpha value is -1.11. The number of rotatable bonds is 7. The van der Waals surface area contributed by atoms with Gasteiger partial charge >= 0.3 is 6.61 Å². The van der Waals surface area contributed by atoms with Crippen molar-refractivity contribution in [3.05, 3.63) is 22.7 Å². The van der Waals surface area contributed by atoms with Crippen molar-refractivity contribution in [2.45, 2.75) is 58.4 Å².